The number of nitrogens with zero attached hydrogens (tertiary/aromatic N) is 4. The van der Waals surface area contributed by atoms with Gasteiger partial charge in [0, 0.05) is 11.7 Å². The number of tetrazole rings is 1. The molecule has 0 saturated heterocycles. The summed E-state index contributed by atoms with van der Waals surface area (Å²) in [6.45, 7) is 8.89. The fourth-order valence-electron chi connectivity index (χ4n) is 2.49. The van der Waals surface area contributed by atoms with E-state index in [2.05, 4.69) is 66.7 Å². The first-order valence-electron chi connectivity index (χ1n) is 7.74. The summed E-state index contributed by atoms with van der Waals surface area (Å²) in [4.78, 5) is 0. The number of rotatable bonds is 7. The molecule has 0 aliphatic carbocycles. The van der Waals surface area contributed by atoms with Crippen molar-refractivity contribution < 1.29 is 0 Å². The second-order valence-corrected chi connectivity index (χ2v) is 5.75. The van der Waals surface area contributed by atoms with Crippen molar-refractivity contribution in [2.24, 2.45) is 5.92 Å². The summed E-state index contributed by atoms with van der Waals surface area (Å²) in [5.41, 5.74) is 3.34. The van der Waals surface area contributed by atoms with E-state index in [4.69, 9.17) is 0 Å². The zero-order valence-electron chi connectivity index (χ0n) is 13.4. The molecule has 5 heteroatoms. The van der Waals surface area contributed by atoms with E-state index in [9.17, 15) is 0 Å². The van der Waals surface area contributed by atoms with Crippen LogP contribution in [0.15, 0.2) is 24.5 Å². The maximum atomic E-state index is 3.94. The maximum Gasteiger partial charge on any atom is 0.143 e. The van der Waals surface area contributed by atoms with Gasteiger partial charge in [-0.05, 0) is 59.9 Å². The summed E-state index contributed by atoms with van der Waals surface area (Å²) in [5.74, 6) is 0.754. The predicted octanol–water partition coefficient (Wildman–Crippen LogP) is 3.60. The lowest BCUT2D eigenvalue weighted by molar-refractivity contribution is 0.462. The molecule has 114 valence electrons. The van der Waals surface area contributed by atoms with Gasteiger partial charge >= 0.3 is 0 Å². The lowest BCUT2D eigenvalue weighted by Gasteiger charge is -2.22. The van der Waals surface area contributed by atoms with Crippen LogP contribution in [0.3, 0.4) is 0 Å². The van der Waals surface area contributed by atoms with Crippen LogP contribution in [0.5, 0.6) is 0 Å². The normalized spacial score (nSPS) is 13.9. The summed E-state index contributed by atoms with van der Waals surface area (Å²) < 4.78 is 1.69. The third-order valence-electron chi connectivity index (χ3n) is 4.04. The van der Waals surface area contributed by atoms with Crippen LogP contribution < -0.4 is 5.32 Å². The fraction of sp³-hybridized carbons (Fsp3) is 0.562. The first kappa shape index (κ1) is 15.5. The molecule has 1 aromatic carbocycles. The predicted molar refractivity (Wildman–Crippen MR) is 85.7 cm³/mol. The minimum Gasteiger partial charge on any atom is -0.382 e. The molecule has 5 nitrogen and oxygen atoms in total. The van der Waals surface area contributed by atoms with Crippen LogP contribution in [-0.4, -0.2) is 26.2 Å². The van der Waals surface area contributed by atoms with Crippen molar-refractivity contribution in [2.75, 3.05) is 5.32 Å². The molecule has 1 N–H and O–H groups in total. The number of nitrogens with one attached hydrogen (secondary N) is 1. The molecule has 1 aromatic heterocycles. The summed E-state index contributed by atoms with van der Waals surface area (Å²) >= 11 is 0. The summed E-state index contributed by atoms with van der Waals surface area (Å²) in [5, 5.41) is 15.0. The van der Waals surface area contributed by atoms with Crippen LogP contribution in [-0.2, 0) is 0 Å². The van der Waals surface area contributed by atoms with Crippen molar-refractivity contribution in [2.45, 2.75) is 53.0 Å². The second-order valence-electron chi connectivity index (χ2n) is 5.75. The number of aryl methyl sites for hydroxylation is 1. The van der Waals surface area contributed by atoms with Gasteiger partial charge in [-0.15, -0.1) is 5.10 Å². The first-order chi connectivity index (χ1) is 10.1. The van der Waals surface area contributed by atoms with Gasteiger partial charge < -0.3 is 5.32 Å². The highest BCUT2D eigenvalue weighted by molar-refractivity contribution is 5.53. The van der Waals surface area contributed by atoms with E-state index >= 15 is 0 Å². The second kappa shape index (κ2) is 7.20. The monoisotopic (exact) mass is 287 g/mol. The van der Waals surface area contributed by atoms with Crippen molar-refractivity contribution in [3.8, 4) is 5.69 Å². The Bertz CT molecular complexity index is 550. The third kappa shape index (κ3) is 4.03. The van der Waals surface area contributed by atoms with Crippen molar-refractivity contribution in [1.82, 2.24) is 20.2 Å². The van der Waals surface area contributed by atoms with Crippen LogP contribution in [0.4, 0.5) is 5.69 Å². The molecule has 2 atom stereocenters. The van der Waals surface area contributed by atoms with Crippen LogP contribution in [0, 0.1) is 12.8 Å². The Hall–Kier alpha value is -1.91. The molecule has 2 rings (SSSR count). The number of anilines is 1. The average molecular weight is 287 g/mol. The van der Waals surface area contributed by atoms with Gasteiger partial charge in [0.15, 0.2) is 0 Å². The Balaban J connectivity index is 2.09. The number of hydrogen-bond acceptors (Lipinski definition) is 4. The van der Waals surface area contributed by atoms with E-state index in [0.29, 0.717) is 6.04 Å². The van der Waals surface area contributed by atoms with Gasteiger partial charge in [-0.3, -0.25) is 0 Å². The number of benzene rings is 1. The van der Waals surface area contributed by atoms with Gasteiger partial charge in [-0.25, -0.2) is 4.68 Å². The van der Waals surface area contributed by atoms with Crippen LogP contribution >= 0.6 is 0 Å². The van der Waals surface area contributed by atoms with E-state index in [1.54, 1.807) is 11.0 Å². The molecule has 21 heavy (non-hydrogen) atoms. The van der Waals surface area contributed by atoms with E-state index in [0.717, 1.165) is 23.6 Å². The Morgan fingerprint density at radius 3 is 2.62 bits per heavy atom. The number of aromatic nitrogens is 4. The van der Waals surface area contributed by atoms with Crippen LogP contribution in [0.25, 0.3) is 5.69 Å². The quantitative estimate of drug-likeness (QED) is 0.845. The topological polar surface area (TPSA) is 55.6 Å². The van der Waals surface area contributed by atoms with E-state index < -0.39 is 0 Å². The molecule has 0 aliphatic heterocycles. The largest absolute Gasteiger partial charge is 0.382 e. The lowest BCUT2D eigenvalue weighted by atomic mass is 9.97. The zero-order valence-corrected chi connectivity index (χ0v) is 13.4. The van der Waals surface area contributed by atoms with E-state index in [1.807, 2.05) is 0 Å². The Morgan fingerprint density at radius 1 is 1.24 bits per heavy atom. The summed E-state index contributed by atoms with van der Waals surface area (Å²) in [6, 6.07) is 6.85. The SMILES string of the molecule is CCC(C)CC(CC)Nc1ccc(-n2cnnn2)c(C)c1. The fourth-order valence-corrected chi connectivity index (χ4v) is 2.49. The minimum atomic E-state index is 0.526. The van der Waals surface area contributed by atoms with Crippen molar-refractivity contribution in [3.63, 3.8) is 0 Å². The highest BCUT2D eigenvalue weighted by Gasteiger charge is 2.11. The maximum absolute atomic E-state index is 3.94. The lowest BCUT2D eigenvalue weighted by Crippen LogP contribution is -2.21. The molecule has 2 aromatic rings. The zero-order chi connectivity index (χ0) is 15.2. The number of hydrogen-bond donors (Lipinski definition) is 1. The van der Waals surface area contributed by atoms with Crippen molar-refractivity contribution >= 4 is 5.69 Å². The highest BCUT2D eigenvalue weighted by atomic mass is 15.5. The Morgan fingerprint density at radius 2 is 2.05 bits per heavy atom. The molecule has 1 heterocycles. The Labute approximate surface area is 126 Å². The average Bonchev–Trinajstić information content (AvgIpc) is 3.00. The van der Waals surface area contributed by atoms with Gasteiger partial charge in [-0.2, -0.15) is 0 Å². The van der Waals surface area contributed by atoms with E-state index in [1.165, 1.54) is 18.5 Å². The molecule has 0 fully saturated rings. The van der Waals surface area contributed by atoms with Crippen molar-refractivity contribution in [1.29, 1.82) is 0 Å². The van der Waals surface area contributed by atoms with Gasteiger partial charge in [0.25, 0.3) is 0 Å². The van der Waals surface area contributed by atoms with Crippen LogP contribution in [0.1, 0.15) is 45.6 Å². The van der Waals surface area contributed by atoms with E-state index in [-0.39, 0.29) is 0 Å². The highest BCUT2D eigenvalue weighted by Crippen LogP contribution is 2.21. The molecule has 0 amide bonds. The smallest absolute Gasteiger partial charge is 0.143 e. The van der Waals surface area contributed by atoms with Crippen LogP contribution in [0.2, 0.25) is 0 Å². The molecular weight excluding hydrogens is 262 g/mol. The summed E-state index contributed by atoms with van der Waals surface area (Å²) in [6.07, 6.45) is 5.20. The molecule has 0 bridgehead atoms. The van der Waals surface area contributed by atoms with Gasteiger partial charge in [0.1, 0.15) is 6.33 Å². The van der Waals surface area contributed by atoms with Crippen molar-refractivity contribution in [3.05, 3.63) is 30.1 Å². The van der Waals surface area contributed by atoms with Gasteiger partial charge in [-0.1, -0.05) is 27.2 Å². The minimum absolute atomic E-state index is 0.526. The molecule has 2 unspecified atom stereocenters. The van der Waals surface area contributed by atoms with Gasteiger partial charge in [0.05, 0.1) is 5.69 Å². The standard InChI is InChI=1S/C16H25N5/c1-5-12(3)9-14(6-2)18-15-7-8-16(13(4)10-15)21-11-17-19-20-21/h7-8,10-12,14,18H,5-6,9H2,1-4H3. The molecule has 0 radical (unpaired) electrons. The first-order valence-corrected chi connectivity index (χ1v) is 7.74. The molecular formula is C16H25N5. The molecule has 0 spiro atoms. The molecule has 0 aliphatic rings. The molecule has 0 saturated carbocycles. The third-order valence-corrected chi connectivity index (χ3v) is 4.04. The summed E-state index contributed by atoms with van der Waals surface area (Å²) in [7, 11) is 0. The Kier molecular flexibility index (Phi) is 5.31. The van der Waals surface area contributed by atoms with Gasteiger partial charge in [0.2, 0.25) is 0 Å².